The Labute approximate surface area is 86.1 Å². The lowest BCUT2D eigenvalue weighted by Gasteiger charge is -2.09. The van der Waals surface area contributed by atoms with Gasteiger partial charge in [-0.1, -0.05) is 0 Å². The van der Waals surface area contributed by atoms with Crippen molar-refractivity contribution in [2.45, 2.75) is 13.1 Å². The van der Waals surface area contributed by atoms with Crippen molar-refractivity contribution in [2.75, 3.05) is 18.5 Å². The lowest BCUT2D eigenvalue weighted by molar-refractivity contribution is -0.153. The summed E-state index contributed by atoms with van der Waals surface area (Å²) in [5.41, 5.74) is 0.858. The summed E-state index contributed by atoms with van der Waals surface area (Å²) in [5, 5.41) is 3.03. The minimum atomic E-state index is -4.29. The first-order chi connectivity index (χ1) is 7.01. The van der Waals surface area contributed by atoms with Gasteiger partial charge < -0.3 is 10.1 Å². The van der Waals surface area contributed by atoms with Crippen LogP contribution in [0.3, 0.4) is 0 Å². The largest absolute Gasteiger partial charge is 0.484 e. The fourth-order valence-electron chi connectivity index (χ4n) is 1.04. The SMILES string of the molecule is CCNc1ccc(OCC(F)(F)F)cc1. The minimum Gasteiger partial charge on any atom is -0.484 e. The summed E-state index contributed by atoms with van der Waals surface area (Å²) < 4.78 is 40.0. The van der Waals surface area contributed by atoms with Crippen molar-refractivity contribution in [3.8, 4) is 5.75 Å². The van der Waals surface area contributed by atoms with E-state index >= 15 is 0 Å². The number of anilines is 1. The van der Waals surface area contributed by atoms with Gasteiger partial charge >= 0.3 is 6.18 Å². The van der Waals surface area contributed by atoms with Crippen LogP contribution < -0.4 is 10.1 Å². The molecule has 0 heterocycles. The van der Waals surface area contributed by atoms with E-state index in [4.69, 9.17) is 0 Å². The minimum absolute atomic E-state index is 0.217. The summed E-state index contributed by atoms with van der Waals surface area (Å²) >= 11 is 0. The van der Waals surface area contributed by atoms with Gasteiger partial charge in [0.1, 0.15) is 5.75 Å². The fraction of sp³-hybridized carbons (Fsp3) is 0.400. The van der Waals surface area contributed by atoms with Gasteiger partial charge in [-0.15, -0.1) is 0 Å². The third kappa shape index (κ3) is 4.58. The third-order valence-electron chi connectivity index (χ3n) is 1.64. The molecule has 0 aliphatic heterocycles. The van der Waals surface area contributed by atoms with Crippen LogP contribution in [0.2, 0.25) is 0 Å². The van der Waals surface area contributed by atoms with Crippen molar-refractivity contribution in [3.63, 3.8) is 0 Å². The molecular formula is C10H12F3NO. The van der Waals surface area contributed by atoms with Crippen molar-refractivity contribution < 1.29 is 17.9 Å². The Bertz CT molecular complexity index is 295. The van der Waals surface area contributed by atoms with Crippen molar-refractivity contribution >= 4 is 5.69 Å². The highest BCUT2D eigenvalue weighted by molar-refractivity contribution is 5.46. The summed E-state index contributed by atoms with van der Waals surface area (Å²) in [7, 11) is 0. The first-order valence-corrected chi connectivity index (χ1v) is 4.55. The molecule has 0 saturated heterocycles. The maximum atomic E-state index is 11.8. The Kier molecular flexibility index (Phi) is 3.82. The van der Waals surface area contributed by atoms with Gasteiger partial charge in [-0.2, -0.15) is 13.2 Å². The van der Waals surface area contributed by atoms with Crippen LogP contribution in [0.4, 0.5) is 18.9 Å². The van der Waals surface area contributed by atoms with E-state index in [-0.39, 0.29) is 5.75 Å². The highest BCUT2D eigenvalue weighted by atomic mass is 19.4. The second-order valence-corrected chi connectivity index (χ2v) is 2.96. The van der Waals surface area contributed by atoms with Crippen LogP contribution >= 0.6 is 0 Å². The second kappa shape index (κ2) is 4.91. The van der Waals surface area contributed by atoms with E-state index < -0.39 is 12.8 Å². The van der Waals surface area contributed by atoms with E-state index in [1.54, 1.807) is 12.1 Å². The van der Waals surface area contributed by atoms with Crippen molar-refractivity contribution in [1.82, 2.24) is 0 Å². The molecule has 1 aromatic carbocycles. The molecular weight excluding hydrogens is 207 g/mol. The highest BCUT2D eigenvalue weighted by Gasteiger charge is 2.28. The van der Waals surface area contributed by atoms with Gasteiger partial charge in [0.2, 0.25) is 0 Å². The zero-order valence-electron chi connectivity index (χ0n) is 8.27. The molecule has 0 bridgehead atoms. The number of nitrogens with one attached hydrogen (secondary N) is 1. The third-order valence-corrected chi connectivity index (χ3v) is 1.64. The van der Waals surface area contributed by atoms with Gasteiger partial charge in [-0.3, -0.25) is 0 Å². The smallest absolute Gasteiger partial charge is 0.422 e. The zero-order valence-corrected chi connectivity index (χ0v) is 8.27. The van der Waals surface area contributed by atoms with E-state index in [1.165, 1.54) is 12.1 Å². The molecule has 0 atom stereocenters. The van der Waals surface area contributed by atoms with E-state index in [0.29, 0.717) is 0 Å². The summed E-state index contributed by atoms with van der Waals surface area (Å²) in [6, 6.07) is 6.36. The Morgan fingerprint density at radius 2 is 1.80 bits per heavy atom. The van der Waals surface area contributed by atoms with E-state index in [1.807, 2.05) is 6.92 Å². The van der Waals surface area contributed by atoms with Gasteiger partial charge in [0.15, 0.2) is 6.61 Å². The second-order valence-electron chi connectivity index (χ2n) is 2.96. The topological polar surface area (TPSA) is 21.3 Å². The number of hydrogen-bond donors (Lipinski definition) is 1. The molecule has 0 aliphatic carbocycles. The van der Waals surface area contributed by atoms with Gasteiger partial charge in [0, 0.05) is 12.2 Å². The molecule has 0 spiro atoms. The first-order valence-electron chi connectivity index (χ1n) is 4.55. The number of hydrogen-bond acceptors (Lipinski definition) is 2. The molecule has 1 rings (SSSR count). The normalized spacial score (nSPS) is 11.2. The number of benzene rings is 1. The Morgan fingerprint density at radius 3 is 2.27 bits per heavy atom. The Balaban J connectivity index is 2.50. The quantitative estimate of drug-likeness (QED) is 0.840. The average Bonchev–Trinajstić information content (AvgIpc) is 2.16. The molecule has 0 aromatic heterocycles. The number of ether oxygens (including phenoxy) is 1. The summed E-state index contributed by atoms with van der Waals surface area (Å²) in [5.74, 6) is 0.217. The molecule has 0 unspecified atom stereocenters. The van der Waals surface area contributed by atoms with Crippen molar-refractivity contribution in [2.24, 2.45) is 0 Å². The fourth-order valence-corrected chi connectivity index (χ4v) is 1.04. The molecule has 5 heteroatoms. The summed E-state index contributed by atoms with van der Waals surface area (Å²) in [4.78, 5) is 0. The maximum absolute atomic E-state index is 11.8. The predicted octanol–water partition coefficient (Wildman–Crippen LogP) is 3.06. The lowest BCUT2D eigenvalue weighted by Crippen LogP contribution is -2.19. The Morgan fingerprint density at radius 1 is 1.20 bits per heavy atom. The molecule has 1 aromatic rings. The van der Waals surface area contributed by atoms with Crippen LogP contribution in [0.5, 0.6) is 5.75 Å². The first kappa shape index (κ1) is 11.7. The number of halogens is 3. The number of rotatable bonds is 4. The van der Waals surface area contributed by atoms with Crippen LogP contribution in [0.1, 0.15) is 6.92 Å². The zero-order chi connectivity index (χ0) is 11.3. The summed E-state index contributed by atoms with van der Waals surface area (Å²) in [6.07, 6.45) is -4.29. The van der Waals surface area contributed by atoms with Crippen LogP contribution in [-0.2, 0) is 0 Å². The van der Waals surface area contributed by atoms with Gasteiger partial charge in [-0.25, -0.2) is 0 Å². The van der Waals surface area contributed by atoms with E-state index in [9.17, 15) is 13.2 Å². The Hall–Kier alpha value is -1.39. The standard InChI is InChI=1S/C10H12F3NO/c1-2-14-8-3-5-9(6-4-8)15-7-10(11,12)13/h3-6,14H,2,7H2,1H3. The highest BCUT2D eigenvalue weighted by Crippen LogP contribution is 2.19. The molecule has 0 amide bonds. The molecule has 0 radical (unpaired) electrons. The molecule has 1 N–H and O–H groups in total. The van der Waals surface area contributed by atoms with Gasteiger partial charge in [-0.05, 0) is 31.2 Å². The van der Waals surface area contributed by atoms with E-state index in [0.717, 1.165) is 12.2 Å². The summed E-state index contributed by atoms with van der Waals surface area (Å²) in [6.45, 7) is 1.45. The van der Waals surface area contributed by atoms with Gasteiger partial charge in [0.05, 0.1) is 0 Å². The van der Waals surface area contributed by atoms with Crippen LogP contribution in [-0.4, -0.2) is 19.3 Å². The van der Waals surface area contributed by atoms with Crippen LogP contribution in [0.25, 0.3) is 0 Å². The molecule has 15 heavy (non-hydrogen) atoms. The molecule has 84 valence electrons. The van der Waals surface area contributed by atoms with Crippen molar-refractivity contribution in [3.05, 3.63) is 24.3 Å². The van der Waals surface area contributed by atoms with Crippen LogP contribution in [0.15, 0.2) is 24.3 Å². The molecule has 2 nitrogen and oxygen atoms in total. The lowest BCUT2D eigenvalue weighted by atomic mass is 10.3. The van der Waals surface area contributed by atoms with Crippen LogP contribution in [0, 0.1) is 0 Å². The predicted molar refractivity (Wildman–Crippen MR) is 52.2 cm³/mol. The average molecular weight is 219 g/mol. The monoisotopic (exact) mass is 219 g/mol. The molecule has 0 saturated carbocycles. The van der Waals surface area contributed by atoms with Crippen molar-refractivity contribution in [1.29, 1.82) is 0 Å². The van der Waals surface area contributed by atoms with Gasteiger partial charge in [0.25, 0.3) is 0 Å². The molecule has 0 fully saturated rings. The maximum Gasteiger partial charge on any atom is 0.422 e. The molecule has 0 aliphatic rings. The number of alkyl halides is 3. The van der Waals surface area contributed by atoms with E-state index in [2.05, 4.69) is 10.1 Å².